The van der Waals surface area contributed by atoms with Crippen LogP contribution in [0.2, 0.25) is 0 Å². The highest BCUT2D eigenvalue weighted by atomic mass is 16.5. The highest BCUT2D eigenvalue weighted by Gasteiger charge is 2.53. The highest BCUT2D eigenvalue weighted by Crippen LogP contribution is 2.40. The first-order valence-electron chi connectivity index (χ1n) is 7.12. The number of anilines is 1. The van der Waals surface area contributed by atoms with Crippen molar-refractivity contribution >= 4 is 17.7 Å². The van der Waals surface area contributed by atoms with Crippen LogP contribution < -0.4 is 5.32 Å². The van der Waals surface area contributed by atoms with E-state index in [1.54, 1.807) is 18.2 Å². The number of amides is 1. The molecular formula is C15H18N2O5. The molecule has 4 atom stereocenters. The zero-order chi connectivity index (χ0) is 16.1. The van der Waals surface area contributed by atoms with Crippen molar-refractivity contribution in [2.45, 2.75) is 38.4 Å². The molecule has 1 aromatic rings. The minimum absolute atomic E-state index is 0.224. The van der Waals surface area contributed by atoms with E-state index in [1.165, 1.54) is 0 Å². The second-order valence-corrected chi connectivity index (χ2v) is 6.66. The minimum atomic E-state index is -1.03. The number of carbonyl (C=O) groups is 2. The van der Waals surface area contributed by atoms with Gasteiger partial charge in [0, 0.05) is 11.5 Å². The van der Waals surface area contributed by atoms with Gasteiger partial charge in [0.15, 0.2) is 5.82 Å². The van der Waals surface area contributed by atoms with Gasteiger partial charge in [-0.2, -0.15) is 0 Å². The summed E-state index contributed by atoms with van der Waals surface area (Å²) in [6, 6.07) is 1.65. The Morgan fingerprint density at radius 3 is 2.41 bits per heavy atom. The molecule has 2 bridgehead atoms. The van der Waals surface area contributed by atoms with E-state index in [1.807, 2.05) is 20.8 Å². The molecule has 22 heavy (non-hydrogen) atoms. The monoisotopic (exact) mass is 306 g/mol. The molecule has 0 saturated carbocycles. The van der Waals surface area contributed by atoms with Crippen molar-refractivity contribution in [3.05, 3.63) is 24.0 Å². The molecule has 2 aliphatic rings. The van der Waals surface area contributed by atoms with E-state index in [4.69, 9.17) is 9.26 Å². The number of aliphatic carboxylic acids is 1. The number of fused-ring (bicyclic) bond motifs is 2. The third-order valence-corrected chi connectivity index (χ3v) is 3.99. The van der Waals surface area contributed by atoms with Crippen LogP contribution in [0.5, 0.6) is 0 Å². The molecular weight excluding hydrogens is 288 g/mol. The van der Waals surface area contributed by atoms with E-state index in [0.717, 1.165) is 0 Å². The lowest BCUT2D eigenvalue weighted by Gasteiger charge is -2.20. The third kappa shape index (κ3) is 2.41. The lowest BCUT2D eigenvalue weighted by Crippen LogP contribution is -2.39. The van der Waals surface area contributed by atoms with Crippen molar-refractivity contribution in [3.63, 3.8) is 0 Å². The van der Waals surface area contributed by atoms with Crippen molar-refractivity contribution in [2.75, 3.05) is 5.32 Å². The van der Waals surface area contributed by atoms with Gasteiger partial charge in [0.05, 0.1) is 18.1 Å². The summed E-state index contributed by atoms with van der Waals surface area (Å²) in [5, 5.41) is 15.7. The van der Waals surface area contributed by atoms with E-state index >= 15 is 0 Å². The van der Waals surface area contributed by atoms with Crippen LogP contribution in [0.3, 0.4) is 0 Å². The van der Waals surface area contributed by atoms with Gasteiger partial charge in [0.2, 0.25) is 5.91 Å². The van der Waals surface area contributed by atoms with Crippen molar-refractivity contribution in [1.82, 2.24) is 5.16 Å². The lowest BCUT2D eigenvalue weighted by atomic mass is 9.82. The predicted octanol–water partition coefficient (Wildman–Crippen LogP) is 1.56. The van der Waals surface area contributed by atoms with E-state index in [2.05, 4.69) is 10.5 Å². The summed E-state index contributed by atoms with van der Waals surface area (Å²) in [4.78, 5) is 23.8. The van der Waals surface area contributed by atoms with Crippen LogP contribution in [0.4, 0.5) is 5.82 Å². The maximum Gasteiger partial charge on any atom is 0.310 e. The third-order valence-electron chi connectivity index (χ3n) is 3.99. The topological polar surface area (TPSA) is 102 Å². The summed E-state index contributed by atoms with van der Waals surface area (Å²) in [5.74, 6) is -2.16. The number of carboxylic acid groups (broad SMARTS) is 1. The molecule has 0 aromatic carbocycles. The van der Waals surface area contributed by atoms with Crippen LogP contribution in [0.1, 0.15) is 26.5 Å². The number of nitrogens with one attached hydrogen (secondary N) is 1. The fourth-order valence-corrected chi connectivity index (χ4v) is 2.81. The number of carboxylic acids is 1. The molecule has 1 amide bonds. The molecule has 0 radical (unpaired) electrons. The largest absolute Gasteiger partial charge is 0.481 e. The maximum atomic E-state index is 12.4. The van der Waals surface area contributed by atoms with Gasteiger partial charge in [0.1, 0.15) is 11.7 Å². The number of rotatable bonds is 3. The van der Waals surface area contributed by atoms with Gasteiger partial charge in [-0.1, -0.05) is 38.1 Å². The molecule has 7 nitrogen and oxygen atoms in total. The molecule has 2 N–H and O–H groups in total. The minimum Gasteiger partial charge on any atom is -0.481 e. The number of ether oxygens (including phenoxy) is 1. The molecule has 1 aromatic heterocycles. The smallest absolute Gasteiger partial charge is 0.310 e. The van der Waals surface area contributed by atoms with Crippen LogP contribution in [0.15, 0.2) is 22.7 Å². The Morgan fingerprint density at radius 2 is 1.86 bits per heavy atom. The molecule has 0 spiro atoms. The van der Waals surface area contributed by atoms with Crippen molar-refractivity contribution in [1.29, 1.82) is 0 Å². The Kier molecular flexibility index (Phi) is 3.32. The number of hydrogen-bond acceptors (Lipinski definition) is 5. The quantitative estimate of drug-likeness (QED) is 0.822. The Balaban J connectivity index is 1.76. The highest BCUT2D eigenvalue weighted by molar-refractivity contribution is 5.96. The van der Waals surface area contributed by atoms with Gasteiger partial charge in [0.25, 0.3) is 0 Å². The molecule has 1 saturated heterocycles. The Bertz CT molecular complexity index is 643. The molecule has 2 aliphatic heterocycles. The van der Waals surface area contributed by atoms with Crippen molar-refractivity contribution < 1.29 is 24.0 Å². The fraction of sp³-hybridized carbons (Fsp3) is 0.533. The van der Waals surface area contributed by atoms with Crippen molar-refractivity contribution in [3.8, 4) is 0 Å². The number of aromatic nitrogens is 1. The van der Waals surface area contributed by atoms with E-state index in [0.29, 0.717) is 5.76 Å². The van der Waals surface area contributed by atoms with E-state index in [-0.39, 0.29) is 11.2 Å². The van der Waals surface area contributed by atoms with Crippen LogP contribution in [0, 0.1) is 11.8 Å². The van der Waals surface area contributed by atoms with Gasteiger partial charge in [-0.15, -0.1) is 0 Å². The van der Waals surface area contributed by atoms with Gasteiger partial charge in [-0.3, -0.25) is 9.59 Å². The van der Waals surface area contributed by atoms with Gasteiger partial charge < -0.3 is 19.7 Å². The zero-order valence-electron chi connectivity index (χ0n) is 12.6. The zero-order valence-corrected chi connectivity index (χ0v) is 12.6. The SMILES string of the molecule is CC(C)(C)c1cc(NC(=O)[C@H]2[C@@H](C(=O)O)[C@H]3C=C[C@@H]2O3)no1. The summed E-state index contributed by atoms with van der Waals surface area (Å²) in [6.45, 7) is 5.90. The summed E-state index contributed by atoms with van der Waals surface area (Å²) >= 11 is 0. The van der Waals surface area contributed by atoms with E-state index < -0.39 is 35.9 Å². The van der Waals surface area contributed by atoms with Gasteiger partial charge >= 0.3 is 5.97 Å². The van der Waals surface area contributed by atoms with Crippen LogP contribution in [0.25, 0.3) is 0 Å². The average molecular weight is 306 g/mol. The molecule has 0 unspecified atom stereocenters. The average Bonchev–Trinajstić information content (AvgIpc) is 3.11. The summed E-state index contributed by atoms with van der Waals surface area (Å²) in [5.41, 5.74) is -0.224. The predicted molar refractivity (Wildman–Crippen MR) is 76.2 cm³/mol. The summed E-state index contributed by atoms with van der Waals surface area (Å²) in [7, 11) is 0. The second-order valence-electron chi connectivity index (χ2n) is 6.66. The number of nitrogens with zero attached hydrogens (tertiary/aromatic N) is 1. The Hall–Kier alpha value is -2.15. The fourth-order valence-electron chi connectivity index (χ4n) is 2.81. The van der Waals surface area contributed by atoms with Crippen LogP contribution >= 0.6 is 0 Å². The first kappa shape index (κ1) is 14.8. The van der Waals surface area contributed by atoms with E-state index in [9.17, 15) is 14.7 Å². The Labute approximate surface area is 127 Å². The molecule has 118 valence electrons. The van der Waals surface area contributed by atoms with Crippen LogP contribution in [-0.4, -0.2) is 34.3 Å². The standard InChI is InChI=1S/C15H18N2O5/c1-15(2,3)9-6-10(17-22-9)16-13(18)11-7-4-5-8(21-7)12(11)14(19)20/h4-8,11-12H,1-3H3,(H,19,20)(H,16,17,18)/t7-,8+,11+,12-/m0/s1. The van der Waals surface area contributed by atoms with Crippen molar-refractivity contribution in [2.24, 2.45) is 11.8 Å². The Morgan fingerprint density at radius 1 is 1.23 bits per heavy atom. The molecule has 1 fully saturated rings. The van der Waals surface area contributed by atoms with Crippen LogP contribution in [-0.2, 0) is 19.7 Å². The summed E-state index contributed by atoms with van der Waals surface area (Å²) in [6.07, 6.45) is 2.39. The van der Waals surface area contributed by atoms with Gasteiger partial charge in [-0.05, 0) is 0 Å². The summed E-state index contributed by atoms with van der Waals surface area (Å²) < 4.78 is 10.7. The lowest BCUT2D eigenvalue weighted by molar-refractivity contribution is -0.145. The maximum absolute atomic E-state index is 12.4. The number of carbonyl (C=O) groups excluding carboxylic acids is 1. The molecule has 3 rings (SSSR count). The normalized spacial score (nSPS) is 29.8. The molecule has 3 heterocycles. The first-order chi connectivity index (χ1) is 10.3. The van der Waals surface area contributed by atoms with Gasteiger partial charge in [-0.25, -0.2) is 0 Å². The second kappa shape index (κ2) is 4.95. The first-order valence-corrected chi connectivity index (χ1v) is 7.12. The molecule has 7 heteroatoms. The number of hydrogen-bond donors (Lipinski definition) is 2. The molecule has 0 aliphatic carbocycles.